The summed E-state index contributed by atoms with van der Waals surface area (Å²) < 4.78 is 81.6. The van der Waals surface area contributed by atoms with E-state index in [4.69, 9.17) is 0 Å². The van der Waals surface area contributed by atoms with Crippen molar-refractivity contribution in [1.29, 1.82) is 0 Å². The van der Waals surface area contributed by atoms with Crippen molar-refractivity contribution in [3.05, 3.63) is 64.7 Å². The molecule has 2 aromatic rings. The van der Waals surface area contributed by atoms with Gasteiger partial charge in [-0.25, -0.2) is 26.0 Å². The van der Waals surface area contributed by atoms with Crippen LogP contribution in [0.3, 0.4) is 0 Å². The van der Waals surface area contributed by atoms with E-state index in [0.717, 1.165) is 0 Å². The van der Waals surface area contributed by atoms with Gasteiger partial charge in [-0.05, 0) is 23.6 Å². The SMILES string of the molecule is O=C1CN(S(=O)(=O)c2c(F)cc(F)cc2F)CC2c3cccc(F)c3CCN12. The lowest BCUT2D eigenvalue weighted by atomic mass is 9.91. The van der Waals surface area contributed by atoms with Crippen LogP contribution in [0.25, 0.3) is 0 Å². The molecule has 0 N–H and O–H groups in total. The maximum atomic E-state index is 14.1. The molecular formula is C18H14F4N2O3S. The minimum absolute atomic E-state index is 0.213. The number of hydrogen-bond donors (Lipinski definition) is 0. The first-order chi connectivity index (χ1) is 13.2. The molecule has 2 heterocycles. The number of amides is 1. The van der Waals surface area contributed by atoms with E-state index in [0.29, 0.717) is 15.4 Å². The molecule has 0 radical (unpaired) electrons. The summed E-state index contributed by atoms with van der Waals surface area (Å²) in [5.74, 6) is -5.44. The van der Waals surface area contributed by atoms with Gasteiger partial charge in [0.05, 0.1) is 12.6 Å². The van der Waals surface area contributed by atoms with Gasteiger partial charge in [0, 0.05) is 25.2 Å². The first-order valence-corrected chi connectivity index (χ1v) is 9.85. The summed E-state index contributed by atoms with van der Waals surface area (Å²) in [4.78, 5) is 12.6. The number of piperazine rings is 1. The monoisotopic (exact) mass is 414 g/mol. The van der Waals surface area contributed by atoms with Crippen molar-refractivity contribution in [2.75, 3.05) is 19.6 Å². The van der Waals surface area contributed by atoms with E-state index in [1.54, 1.807) is 6.07 Å². The second kappa shape index (κ2) is 6.56. The van der Waals surface area contributed by atoms with Gasteiger partial charge in [-0.2, -0.15) is 4.31 Å². The summed E-state index contributed by atoms with van der Waals surface area (Å²) in [5.41, 5.74) is 0.842. The standard InChI is InChI=1S/C18H14F4N2O3S/c19-10-6-14(21)18(15(22)7-10)28(26,27)23-8-16-12-2-1-3-13(20)11(12)4-5-24(16)17(25)9-23/h1-3,6-7,16H,4-5,8-9H2. The highest BCUT2D eigenvalue weighted by atomic mass is 32.2. The first-order valence-electron chi connectivity index (χ1n) is 8.41. The normalized spacial score (nSPS) is 20.1. The largest absolute Gasteiger partial charge is 0.333 e. The van der Waals surface area contributed by atoms with E-state index in [1.165, 1.54) is 17.0 Å². The topological polar surface area (TPSA) is 57.7 Å². The molecule has 1 fully saturated rings. The highest BCUT2D eigenvalue weighted by molar-refractivity contribution is 7.89. The summed E-state index contributed by atoms with van der Waals surface area (Å²) in [6.07, 6.45) is 0.290. The molecule has 0 bridgehead atoms. The van der Waals surface area contributed by atoms with E-state index >= 15 is 0 Å². The molecule has 148 valence electrons. The number of nitrogens with zero attached hydrogens (tertiary/aromatic N) is 2. The number of hydrogen-bond acceptors (Lipinski definition) is 3. The molecule has 1 unspecified atom stereocenters. The zero-order valence-corrected chi connectivity index (χ0v) is 15.1. The lowest BCUT2D eigenvalue weighted by Gasteiger charge is -2.44. The highest BCUT2D eigenvalue weighted by Crippen LogP contribution is 2.36. The first kappa shape index (κ1) is 18.9. The number of fused-ring (bicyclic) bond motifs is 3. The van der Waals surface area contributed by atoms with Crippen molar-refractivity contribution in [3.63, 3.8) is 0 Å². The van der Waals surface area contributed by atoms with Crippen LogP contribution >= 0.6 is 0 Å². The van der Waals surface area contributed by atoms with Gasteiger partial charge in [-0.15, -0.1) is 0 Å². The van der Waals surface area contributed by atoms with Crippen LogP contribution in [0, 0.1) is 23.3 Å². The van der Waals surface area contributed by atoms with E-state index < -0.39 is 56.7 Å². The Kier molecular flexibility index (Phi) is 4.42. The molecule has 1 saturated heterocycles. The van der Waals surface area contributed by atoms with Gasteiger partial charge in [-0.3, -0.25) is 4.79 Å². The number of carbonyl (C=O) groups is 1. The minimum atomic E-state index is -4.76. The Balaban J connectivity index is 1.76. The predicted molar refractivity (Wildman–Crippen MR) is 89.6 cm³/mol. The van der Waals surface area contributed by atoms with Crippen LogP contribution in [0.15, 0.2) is 35.2 Å². The molecule has 2 aromatic carbocycles. The molecule has 5 nitrogen and oxygen atoms in total. The number of carbonyl (C=O) groups excluding carboxylic acids is 1. The fourth-order valence-electron chi connectivity index (χ4n) is 3.79. The highest BCUT2D eigenvalue weighted by Gasteiger charge is 2.43. The molecule has 4 rings (SSSR count). The number of rotatable bonds is 2. The molecule has 10 heteroatoms. The van der Waals surface area contributed by atoms with E-state index in [-0.39, 0.29) is 31.6 Å². The molecule has 1 atom stereocenters. The molecule has 0 spiro atoms. The van der Waals surface area contributed by atoms with Gasteiger partial charge in [0.1, 0.15) is 23.3 Å². The van der Waals surface area contributed by atoms with Gasteiger partial charge in [0.2, 0.25) is 15.9 Å². The predicted octanol–water partition coefficient (Wildman–Crippen LogP) is 2.37. The second-order valence-electron chi connectivity index (χ2n) is 6.66. The van der Waals surface area contributed by atoms with E-state index in [9.17, 15) is 30.8 Å². The van der Waals surface area contributed by atoms with Crippen LogP contribution in [0.4, 0.5) is 17.6 Å². The van der Waals surface area contributed by atoms with Crippen LogP contribution in [0.5, 0.6) is 0 Å². The number of sulfonamides is 1. The molecule has 28 heavy (non-hydrogen) atoms. The third kappa shape index (κ3) is 2.87. The summed E-state index contributed by atoms with van der Waals surface area (Å²) >= 11 is 0. The van der Waals surface area contributed by atoms with Crippen molar-refractivity contribution in [2.45, 2.75) is 17.4 Å². The second-order valence-corrected chi connectivity index (χ2v) is 8.53. The average molecular weight is 414 g/mol. The third-order valence-electron chi connectivity index (χ3n) is 5.06. The Labute approximate surface area is 158 Å². The Morgan fingerprint density at radius 2 is 1.68 bits per heavy atom. The Morgan fingerprint density at radius 1 is 1.00 bits per heavy atom. The molecule has 0 saturated carbocycles. The Bertz CT molecular complexity index is 1070. The van der Waals surface area contributed by atoms with Gasteiger partial charge < -0.3 is 4.90 Å². The van der Waals surface area contributed by atoms with Gasteiger partial charge in [0.15, 0.2) is 4.90 Å². The fraction of sp³-hybridized carbons (Fsp3) is 0.278. The van der Waals surface area contributed by atoms with E-state index in [1.807, 2.05) is 0 Å². The third-order valence-corrected chi connectivity index (χ3v) is 6.93. The Hall–Kier alpha value is -2.46. The summed E-state index contributed by atoms with van der Waals surface area (Å²) in [7, 11) is -4.76. The molecular weight excluding hydrogens is 400 g/mol. The summed E-state index contributed by atoms with van der Waals surface area (Å²) in [6, 6.07) is 4.07. The number of benzene rings is 2. The van der Waals surface area contributed by atoms with E-state index in [2.05, 4.69) is 0 Å². The van der Waals surface area contributed by atoms with Crippen LogP contribution in [-0.2, 0) is 21.2 Å². The van der Waals surface area contributed by atoms with Crippen LogP contribution < -0.4 is 0 Å². The summed E-state index contributed by atoms with van der Waals surface area (Å²) in [5, 5.41) is 0. The van der Waals surface area contributed by atoms with Gasteiger partial charge in [-0.1, -0.05) is 12.1 Å². The lowest BCUT2D eigenvalue weighted by molar-refractivity contribution is -0.138. The van der Waals surface area contributed by atoms with Crippen LogP contribution in [0.2, 0.25) is 0 Å². The van der Waals surface area contributed by atoms with Crippen molar-refractivity contribution in [3.8, 4) is 0 Å². The maximum absolute atomic E-state index is 14.1. The lowest BCUT2D eigenvalue weighted by Crippen LogP contribution is -2.55. The molecule has 2 aliphatic rings. The number of halogens is 4. The van der Waals surface area contributed by atoms with Crippen molar-refractivity contribution < 1.29 is 30.8 Å². The molecule has 1 amide bonds. The smallest absolute Gasteiger partial charge is 0.249 e. The molecule has 2 aliphatic heterocycles. The average Bonchev–Trinajstić information content (AvgIpc) is 2.60. The minimum Gasteiger partial charge on any atom is -0.333 e. The zero-order valence-electron chi connectivity index (χ0n) is 14.3. The zero-order chi connectivity index (χ0) is 20.2. The van der Waals surface area contributed by atoms with Crippen molar-refractivity contribution in [1.82, 2.24) is 9.21 Å². The quantitative estimate of drug-likeness (QED) is 0.709. The van der Waals surface area contributed by atoms with Gasteiger partial charge in [0.25, 0.3) is 0 Å². The fourth-order valence-corrected chi connectivity index (χ4v) is 5.28. The summed E-state index contributed by atoms with van der Waals surface area (Å²) in [6.45, 7) is -0.689. The molecule has 0 aromatic heterocycles. The maximum Gasteiger partial charge on any atom is 0.249 e. The van der Waals surface area contributed by atoms with Crippen LogP contribution in [-0.4, -0.2) is 43.2 Å². The van der Waals surface area contributed by atoms with Crippen LogP contribution in [0.1, 0.15) is 17.2 Å². The van der Waals surface area contributed by atoms with Crippen molar-refractivity contribution >= 4 is 15.9 Å². The van der Waals surface area contributed by atoms with Crippen molar-refractivity contribution in [2.24, 2.45) is 0 Å². The molecule has 0 aliphatic carbocycles. The van der Waals surface area contributed by atoms with Gasteiger partial charge >= 0.3 is 0 Å². The Morgan fingerprint density at radius 3 is 2.36 bits per heavy atom.